The molecule has 2 aliphatic rings. The first-order valence-corrected chi connectivity index (χ1v) is 7.47. The van der Waals surface area contributed by atoms with E-state index in [2.05, 4.69) is 6.92 Å². The van der Waals surface area contributed by atoms with Crippen molar-refractivity contribution < 1.29 is 9.53 Å². The van der Waals surface area contributed by atoms with Crippen LogP contribution in [-0.2, 0) is 6.42 Å². The number of carbonyl (C=O) groups excluding carboxylic acids is 1. The lowest BCUT2D eigenvalue weighted by atomic mass is 9.90. The van der Waals surface area contributed by atoms with Crippen molar-refractivity contribution in [2.24, 2.45) is 11.7 Å². The van der Waals surface area contributed by atoms with Gasteiger partial charge in [0.05, 0.1) is 6.61 Å². The molecule has 4 heteroatoms. The number of likely N-dealkylation sites (tertiary alicyclic amines) is 1. The lowest BCUT2D eigenvalue weighted by Crippen LogP contribution is -2.51. The summed E-state index contributed by atoms with van der Waals surface area (Å²) in [5.74, 6) is 1.51. The van der Waals surface area contributed by atoms with E-state index in [1.165, 1.54) is 0 Å². The van der Waals surface area contributed by atoms with Crippen molar-refractivity contribution in [3.8, 4) is 5.75 Å². The number of rotatable bonds is 2. The molecular formula is C16H22N2O2. The van der Waals surface area contributed by atoms with Crippen LogP contribution < -0.4 is 10.5 Å². The lowest BCUT2D eigenvalue weighted by Gasteiger charge is -2.39. The maximum Gasteiger partial charge on any atom is 0.254 e. The van der Waals surface area contributed by atoms with Crippen LogP contribution in [0.2, 0.25) is 0 Å². The molecule has 0 bridgehead atoms. The van der Waals surface area contributed by atoms with E-state index < -0.39 is 0 Å². The topological polar surface area (TPSA) is 55.6 Å². The highest BCUT2D eigenvalue weighted by Gasteiger charge is 2.31. The molecule has 20 heavy (non-hydrogen) atoms. The Balaban J connectivity index is 1.84. The number of carbonyl (C=O) groups is 1. The monoisotopic (exact) mass is 274 g/mol. The van der Waals surface area contributed by atoms with Crippen LogP contribution in [-0.4, -0.2) is 36.5 Å². The minimum absolute atomic E-state index is 0.113. The van der Waals surface area contributed by atoms with Gasteiger partial charge in [0.15, 0.2) is 0 Å². The van der Waals surface area contributed by atoms with Crippen LogP contribution in [0, 0.1) is 5.92 Å². The van der Waals surface area contributed by atoms with Crippen LogP contribution in [0.5, 0.6) is 5.75 Å². The van der Waals surface area contributed by atoms with Gasteiger partial charge in [-0.1, -0.05) is 6.92 Å². The van der Waals surface area contributed by atoms with Gasteiger partial charge in [-0.05, 0) is 42.5 Å². The number of nitrogens with two attached hydrogens (primary N) is 1. The van der Waals surface area contributed by atoms with Gasteiger partial charge < -0.3 is 15.4 Å². The highest BCUT2D eigenvalue weighted by molar-refractivity contribution is 5.95. The van der Waals surface area contributed by atoms with E-state index in [0.717, 1.165) is 49.3 Å². The molecule has 1 saturated heterocycles. The number of hydrogen-bond donors (Lipinski definition) is 1. The van der Waals surface area contributed by atoms with Crippen LogP contribution in [0.3, 0.4) is 0 Å². The minimum atomic E-state index is 0.113. The second kappa shape index (κ2) is 5.44. The van der Waals surface area contributed by atoms with Gasteiger partial charge in [-0.3, -0.25) is 4.79 Å². The molecule has 2 heterocycles. The van der Waals surface area contributed by atoms with Crippen molar-refractivity contribution >= 4 is 5.91 Å². The average Bonchev–Trinajstić information content (AvgIpc) is 2.93. The predicted octanol–water partition coefficient (Wildman–Crippen LogP) is 1.82. The lowest BCUT2D eigenvalue weighted by molar-refractivity contribution is 0.0532. The molecule has 0 radical (unpaired) electrons. The fourth-order valence-corrected chi connectivity index (χ4v) is 3.35. The molecule has 1 aromatic carbocycles. The summed E-state index contributed by atoms with van der Waals surface area (Å²) in [4.78, 5) is 14.7. The van der Waals surface area contributed by atoms with Crippen LogP contribution in [0.25, 0.3) is 0 Å². The Morgan fingerprint density at radius 3 is 3.15 bits per heavy atom. The first kappa shape index (κ1) is 13.4. The third-order valence-corrected chi connectivity index (χ3v) is 4.55. The molecule has 2 atom stereocenters. The smallest absolute Gasteiger partial charge is 0.254 e. The summed E-state index contributed by atoms with van der Waals surface area (Å²) in [7, 11) is 0. The minimum Gasteiger partial charge on any atom is -0.493 e. The van der Waals surface area contributed by atoms with Crippen molar-refractivity contribution in [2.75, 3.05) is 19.7 Å². The molecule has 108 valence electrons. The van der Waals surface area contributed by atoms with Gasteiger partial charge in [0.1, 0.15) is 5.75 Å². The Labute approximate surface area is 119 Å². The molecule has 2 aliphatic heterocycles. The molecule has 1 fully saturated rings. The maximum absolute atomic E-state index is 12.7. The standard InChI is InChI=1S/C16H22N2O2/c1-11-3-2-7-18(14(11)10-17)16(19)13-4-5-15-12(9-13)6-8-20-15/h4-5,9,11,14H,2-3,6-8,10,17H2,1H3/t11-,14-/m0/s1. The summed E-state index contributed by atoms with van der Waals surface area (Å²) in [5.41, 5.74) is 7.79. The van der Waals surface area contributed by atoms with Crippen LogP contribution in [0.4, 0.5) is 0 Å². The first-order valence-electron chi connectivity index (χ1n) is 7.47. The van der Waals surface area contributed by atoms with E-state index in [-0.39, 0.29) is 11.9 Å². The third-order valence-electron chi connectivity index (χ3n) is 4.55. The second-order valence-corrected chi connectivity index (χ2v) is 5.84. The molecule has 0 saturated carbocycles. The Hall–Kier alpha value is -1.55. The van der Waals surface area contributed by atoms with E-state index in [0.29, 0.717) is 12.5 Å². The van der Waals surface area contributed by atoms with Gasteiger partial charge in [-0.2, -0.15) is 0 Å². The van der Waals surface area contributed by atoms with Crippen molar-refractivity contribution in [3.05, 3.63) is 29.3 Å². The van der Waals surface area contributed by atoms with Crippen molar-refractivity contribution in [1.82, 2.24) is 4.90 Å². The van der Waals surface area contributed by atoms with Crippen LogP contribution in [0.15, 0.2) is 18.2 Å². The molecule has 0 aliphatic carbocycles. The van der Waals surface area contributed by atoms with Crippen LogP contribution >= 0.6 is 0 Å². The van der Waals surface area contributed by atoms with E-state index in [9.17, 15) is 4.79 Å². The molecule has 3 rings (SSSR count). The number of nitrogens with zero attached hydrogens (tertiary/aromatic N) is 1. The van der Waals surface area contributed by atoms with Crippen molar-refractivity contribution in [1.29, 1.82) is 0 Å². The van der Waals surface area contributed by atoms with Gasteiger partial charge in [0.2, 0.25) is 0 Å². The molecule has 1 amide bonds. The second-order valence-electron chi connectivity index (χ2n) is 5.84. The fourth-order valence-electron chi connectivity index (χ4n) is 3.35. The SMILES string of the molecule is C[C@H]1CCCN(C(=O)c2ccc3c(c2)CCO3)[C@H]1CN. The van der Waals surface area contributed by atoms with Crippen LogP contribution in [0.1, 0.15) is 35.7 Å². The summed E-state index contributed by atoms with van der Waals surface area (Å²) in [6.45, 7) is 4.27. The van der Waals surface area contributed by atoms with Crippen molar-refractivity contribution in [3.63, 3.8) is 0 Å². The highest BCUT2D eigenvalue weighted by Crippen LogP contribution is 2.28. The van der Waals surface area contributed by atoms with Gasteiger partial charge >= 0.3 is 0 Å². The molecular weight excluding hydrogens is 252 g/mol. The zero-order valence-corrected chi connectivity index (χ0v) is 12.0. The molecule has 0 spiro atoms. The average molecular weight is 274 g/mol. The summed E-state index contributed by atoms with van der Waals surface area (Å²) in [6, 6.07) is 5.94. The molecule has 0 unspecified atom stereocenters. The molecule has 2 N–H and O–H groups in total. The number of piperidine rings is 1. The largest absolute Gasteiger partial charge is 0.493 e. The molecule has 1 aromatic rings. The third kappa shape index (κ3) is 2.29. The molecule has 0 aromatic heterocycles. The Morgan fingerprint density at radius 2 is 2.35 bits per heavy atom. The Morgan fingerprint density at radius 1 is 1.50 bits per heavy atom. The summed E-state index contributed by atoms with van der Waals surface area (Å²) >= 11 is 0. The predicted molar refractivity (Wildman–Crippen MR) is 77.9 cm³/mol. The highest BCUT2D eigenvalue weighted by atomic mass is 16.5. The van der Waals surface area contributed by atoms with E-state index >= 15 is 0 Å². The zero-order chi connectivity index (χ0) is 14.1. The summed E-state index contributed by atoms with van der Waals surface area (Å²) in [5, 5.41) is 0. The fraction of sp³-hybridized carbons (Fsp3) is 0.562. The summed E-state index contributed by atoms with van der Waals surface area (Å²) in [6.07, 6.45) is 3.12. The van der Waals surface area contributed by atoms with Gasteiger partial charge in [0.25, 0.3) is 5.91 Å². The maximum atomic E-state index is 12.7. The number of ether oxygens (including phenoxy) is 1. The zero-order valence-electron chi connectivity index (χ0n) is 12.0. The Kier molecular flexibility index (Phi) is 3.66. The first-order chi connectivity index (χ1) is 9.70. The van der Waals surface area contributed by atoms with Crippen molar-refractivity contribution in [2.45, 2.75) is 32.2 Å². The quantitative estimate of drug-likeness (QED) is 0.895. The number of hydrogen-bond acceptors (Lipinski definition) is 3. The van der Waals surface area contributed by atoms with Gasteiger partial charge in [0, 0.05) is 31.1 Å². The van der Waals surface area contributed by atoms with E-state index in [1.807, 2.05) is 23.1 Å². The normalized spacial score (nSPS) is 25.2. The van der Waals surface area contributed by atoms with Gasteiger partial charge in [-0.15, -0.1) is 0 Å². The van der Waals surface area contributed by atoms with Gasteiger partial charge in [-0.25, -0.2) is 0 Å². The molecule has 4 nitrogen and oxygen atoms in total. The Bertz CT molecular complexity index is 515. The number of fused-ring (bicyclic) bond motifs is 1. The van der Waals surface area contributed by atoms with E-state index in [4.69, 9.17) is 10.5 Å². The number of amides is 1. The summed E-state index contributed by atoms with van der Waals surface area (Å²) < 4.78 is 5.49. The number of benzene rings is 1. The van der Waals surface area contributed by atoms with E-state index in [1.54, 1.807) is 0 Å².